The molecule has 0 bridgehead atoms. The number of nitrogens with zero attached hydrogens (tertiary/aromatic N) is 1. The Bertz CT molecular complexity index is 1370. The highest BCUT2D eigenvalue weighted by molar-refractivity contribution is 7.86. The molecule has 2 aliphatic heterocycles. The molecule has 5 rings (SSSR count). The first-order valence-electron chi connectivity index (χ1n) is 11.8. The molecular formula is C28H24N2O7S. The van der Waals surface area contributed by atoms with Crippen molar-refractivity contribution in [2.45, 2.75) is 22.6 Å². The number of amides is 2. The van der Waals surface area contributed by atoms with Gasteiger partial charge in [-0.05, 0) is 23.3 Å². The highest BCUT2D eigenvalue weighted by Crippen LogP contribution is 2.44. The van der Waals surface area contributed by atoms with Crippen LogP contribution in [0.5, 0.6) is 5.75 Å². The summed E-state index contributed by atoms with van der Waals surface area (Å²) in [6, 6.07) is 25.4. The highest BCUT2D eigenvalue weighted by atomic mass is 32.2. The average Bonchev–Trinajstić information content (AvgIpc) is 2.94. The van der Waals surface area contributed by atoms with E-state index in [0.717, 1.165) is 4.90 Å². The summed E-state index contributed by atoms with van der Waals surface area (Å²) in [4.78, 5) is 38.6. The van der Waals surface area contributed by atoms with Crippen LogP contribution < -0.4 is 10.1 Å². The number of β-lactam (4-membered cyclic amide) rings is 1. The van der Waals surface area contributed by atoms with Crippen molar-refractivity contribution in [3.63, 3.8) is 0 Å². The molecule has 3 aromatic carbocycles. The highest BCUT2D eigenvalue weighted by Gasteiger charge is 2.61. The van der Waals surface area contributed by atoms with Crippen LogP contribution in [0.4, 0.5) is 0 Å². The predicted octanol–water partition coefficient (Wildman–Crippen LogP) is 2.54. The second-order valence-electron chi connectivity index (χ2n) is 8.83. The van der Waals surface area contributed by atoms with Gasteiger partial charge in [0.25, 0.3) is 11.8 Å². The van der Waals surface area contributed by atoms with Gasteiger partial charge in [0.05, 0.1) is 10.8 Å². The SMILES string of the molecule is O=C(COc1ccccc1)NC1C(=O)N2C(C(=O)O)=C(O)C(C(c3ccccc3)c3ccccc3)S(=O)[C@H]12. The van der Waals surface area contributed by atoms with Crippen molar-refractivity contribution < 1.29 is 33.5 Å². The molecule has 4 atom stereocenters. The van der Waals surface area contributed by atoms with Gasteiger partial charge >= 0.3 is 5.97 Å². The number of para-hydroxylation sites is 1. The lowest BCUT2D eigenvalue weighted by Gasteiger charge is -2.50. The minimum atomic E-state index is -1.99. The van der Waals surface area contributed by atoms with E-state index >= 15 is 0 Å². The number of rotatable bonds is 8. The zero-order valence-corrected chi connectivity index (χ0v) is 20.8. The Balaban J connectivity index is 1.48. The Morgan fingerprint density at radius 3 is 1.97 bits per heavy atom. The monoisotopic (exact) mass is 532 g/mol. The molecule has 38 heavy (non-hydrogen) atoms. The van der Waals surface area contributed by atoms with Crippen molar-refractivity contribution in [2.24, 2.45) is 0 Å². The normalized spacial score (nSPS) is 22.4. The molecule has 3 unspecified atom stereocenters. The molecule has 3 aromatic rings. The van der Waals surface area contributed by atoms with E-state index in [2.05, 4.69) is 5.32 Å². The van der Waals surface area contributed by atoms with E-state index in [1.54, 1.807) is 78.9 Å². The van der Waals surface area contributed by atoms with Gasteiger partial charge in [0.1, 0.15) is 28.2 Å². The Hall–Kier alpha value is -4.44. The maximum absolute atomic E-state index is 14.0. The molecule has 0 radical (unpaired) electrons. The summed E-state index contributed by atoms with van der Waals surface area (Å²) in [5, 5.41) is 21.3. The predicted molar refractivity (Wildman–Crippen MR) is 138 cm³/mol. The molecular weight excluding hydrogens is 508 g/mol. The lowest BCUT2D eigenvalue weighted by molar-refractivity contribution is -0.151. The van der Waals surface area contributed by atoms with Crippen molar-refractivity contribution in [1.82, 2.24) is 10.2 Å². The Labute approximate surface area is 220 Å². The number of nitrogens with one attached hydrogen (secondary N) is 1. The summed E-state index contributed by atoms with van der Waals surface area (Å²) in [5.74, 6) is -3.79. The number of carboxylic acid groups (broad SMARTS) is 1. The smallest absolute Gasteiger partial charge is 0.356 e. The molecule has 194 valence electrons. The van der Waals surface area contributed by atoms with E-state index < -0.39 is 62.6 Å². The van der Waals surface area contributed by atoms with E-state index in [0.29, 0.717) is 16.9 Å². The lowest BCUT2D eigenvalue weighted by atomic mass is 9.86. The number of benzene rings is 3. The van der Waals surface area contributed by atoms with Crippen LogP contribution in [-0.4, -0.2) is 60.4 Å². The summed E-state index contributed by atoms with van der Waals surface area (Å²) in [7, 11) is -1.99. The molecule has 3 N–H and O–H groups in total. The van der Waals surface area contributed by atoms with E-state index in [1.807, 2.05) is 12.1 Å². The fourth-order valence-electron chi connectivity index (χ4n) is 4.84. The molecule has 0 spiro atoms. The molecule has 0 aliphatic carbocycles. The van der Waals surface area contributed by atoms with Crippen LogP contribution in [0, 0.1) is 0 Å². The fraction of sp³-hybridized carbons (Fsp3) is 0.179. The van der Waals surface area contributed by atoms with Gasteiger partial charge in [0, 0.05) is 5.92 Å². The van der Waals surface area contributed by atoms with Crippen LogP contribution in [0.2, 0.25) is 0 Å². The summed E-state index contributed by atoms with van der Waals surface area (Å²) in [6.45, 7) is -0.389. The summed E-state index contributed by atoms with van der Waals surface area (Å²) >= 11 is 0. The fourth-order valence-corrected chi connectivity index (χ4v) is 6.92. The molecule has 0 saturated carbocycles. The van der Waals surface area contributed by atoms with Crippen molar-refractivity contribution in [3.8, 4) is 5.75 Å². The average molecular weight is 533 g/mol. The quantitative estimate of drug-likeness (QED) is 0.380. The molecule has 2 amide bonds. The lowest BCUT2D eigenvalue weighted by Crippen LogP contribution is -2.75. The molecule has 1 fully saturated rings. The first-order valence-corrected chi connectivity index (χ1v) is 13.1. The number of hydrogen-bond donors (Lipinski definition) is 3. The molecule has 0 aromatic heterocycles. The molecule has 9 nitrogen and oxygen atoms in total. The topological polar surface area (TPSA) is 133 Å². The van der Waals surface area contributed by atoms with Crippen LogP contribution in [0.3, 0.4) is 0 Å². The summed E-state index contributed by atoms with van der Waals surface area (Å²) < 4.78 is 19.4. The number of fused-ring (bicyclic) bond motifs is 1. The van der Waals surface area contributed by atoms with Gasteiger partial charge < -0.3 is 20.3 Å². The maximum Gasteiger partial charge on any atom is 0.356 e. The number of carboxylic acids is 1. The van der Waals surface area contributed by atoms with Crippen LogP contribution in [0.15, 0.2) is 102 Å². The van der Waals surface area contributed by atoms with Crippen molar-refractivity contribution >= 4 is 28.6 Å². The van der Waals surface area contributed by atoms with Crippen LogP contribution in [-0.2, 0) is 25.2 Å². The number of hydrogen-bond acceptors (Lipinski definition) is 6. The van der Waals surface area contributed by atoms with Gasteiger partial charge in [-0.1, -0.05) is 78.9 Å². The van der Waals surface area contributed by atoms with Crippen LogP contribution in [0.1, 0.15) is 17.0 Å². The zero-order chi connectivity index (χ0) is 26.8. The first-order chi connectivity index (χ1) is 18.4. The molecule has 2 aliphatic rings. The van der Waals surface area contributed by atoms with Gasteiger partial charge in [-0.15, -0.1) is 0 Å². The Morgan fingerprint density at radius 2 is 1.45 bits per heavy atom. The number of aliphatic carboxylic acids is 1. The number of aliphatic hydroxyl groups is 1. The van der Waals surface area contributed by atoms with Crippen molar-refractivity contribution in [1.29, 1.82) is 0 Å². The number of carbonyl (C=O) groups excluding carboxylic acids is 2. The molecule has 1 saturated heterocycles. The van der Waals surface area contributed by atoms with Gasteiger partial charge in [-0.3, -0.25) is 18.7 Å². The third kappa shape index (κ3) is 4.54. The van der Waals surface area contributed by atoms with E-state index in [-0.39, 0.29) is 6.61 Å². The van der Waals surface area contributed by atoms with E-state index in [9.17, 15) is 28.8 Å². The third-order valence-corrected chi connectivity index (χ3v) is 8.49. The van der Waals surface area contributed by atoms with Crippen LogP contribution in [0.25, 0.3) is 0 Å². The summed E-state index contributed by atoms with van der Waals surface area (Å²) in [5.41, 5.74) is 0.793. The van der Waals surface area contributed by atoms with Crippen LogP contribution >= 0.6 is 0 Å². The summed E-state index contributed by atoms with van der Waals surface area (Å²) in [6.07, 6.45) is 0. The minimum Gasteiger partial charge on any atom is -0.509 e. The second kappa shape index (κ2) is 10.5. The van der Waals surface area contributed by atoms with Crippen molar-refractivity contribution in [3.05, 3.63) is 114 Å². The number of carbonyl (C=O) groups is 3. The molecule has 10 heteroatoms. The number of ether oxygens (including phenoxy) is 1. The van der Waals surface area contributed by atoms with E-state index in [1.165, 1.54) is 0 Å². The van der Waals surface area contributed by atoms with Gasteiger partial charge in [0.2, 0.25) is 0 Å². The Morgan fingerprint density at radius 1 is 0.921 bits per heavy atom. The minimum absolute atomic E-state index is 0.389. The molecule has 2 heterocycles. The van der Waals surface area contributed by atoms with Gasteiger partial charge in [-0.2, -0.15) is 0 Å². The van der Waals surface area contributed by atoms with Gasteiger partial charge in [-0.25, -0.2) is 4.79 Å². The third-order valence-electron chi connectivity index (χ3n) is 6.54. The van der Waals surface area contributed by atoms with E-state index in [4.69, 9.17) is 4.74 Å². The standard InChI is InChI=1S/C28H24N2O7S/c31-20(16-37-19-14-8-3-9-15-19)29-22-26(33)30-23(28(34)35)24(32)25(38(36)27(22)30)21(17-10-4-1-5-11-17)18-12-6-2-7-13-18/h1-15,21-22,25,27,32H,16H2,(H,29,31)(H,34,35)/t22?,25?,27-,38?/m1/s1. The van der Waals surface area contributed by atoms with Crippen molar-refractivity contribution in [2.75, 3.05) is 6.61 Å². The second-order valence-corrected chi connectivity index (χ2v) is 10.5. The zero-order valence-electron chi connectivity index (χ0n) is 20.0. The maximum atomic E-state index is 14.0. The Kier molecular flexibility index (Phi) is 6.97. The first kappa shape index (κ1) is 25.2. The number of aliphatic hydroxyl groups excluding tert-OH is 1. The van der Waals surface area contributed by atoms with Gasteiger partial charge in [0.15, 0.2) is 12.3 Å². The largest absolute Gasteiger partial charge is 0.509 e.